The number of hydrogen-bond acceptors (Lipinski definition) is 3. The third-order valence-corrected chi connectivity index (χ3v) is 5.53. The lowest BCUT2D eigenvalue weighted by molar-refractivity contribution is 0.600. The molecule has 106 valence electrons. The van der Waals surface area contributed by atoms with Crippen molar-refractivity contribution in [1.82, 2.24) is 0 Å². The highest BCUT2D eigenvalue weighted by atomic mass is 79.9. The summed E-state index contributed by atoms with van der Waals surface area (Å²) in [5.41, 5.74) is 6.28. The summed E-state index contributed by atoms with van der Waals surface area (Å²) < 4.78 is 28.3. The molecule has 2 aromatic rings. The minimum atomic E-state index is -3.75. The number of nitrogens with one attached hydrogen (secondary N) is 1. The number of rotatable bonds is 3. The number of hydrogen-bond donors (Lipinski definition) is 2. The van der Waals surface area contributed by atoms with E-state index in [0.717, 1.165) is 0 Å². The largest absolute Gasteiger partial charge is 0.397 e. The van der Waals surface area contributed by atoms with E-state index in [1.807, 2.05) is 0 Å². The van der Waals surface area contributed by atoms with E-state index in [0.29, 0.717) is 14.0 Å². The Labute approximate surface area is 138 Å². The maximum absolute atomic E-state index is 12.4. The number of nitrogen functional groups attached to an aromatic ring is 1. The molecule has 0 aliphatic carbocycles. The first-order valence-corrected chi connectivity index (χ1v) is 8.77. The number of benzene rings is 2. The molecule has 4 nitrogen and oxygen atoms in total. The maximum atomic E-state index is 12.4. The highest BCUT2D eigenvalue weighted by Gasteiger charge is 2.19. The molecule has 0 amide bonds. The van der Waals surface area contributed by atoms with Crippen LogP contribution < -0.4 is 10.5 Å². The third kappa shape index (κ3) is 3.46. The van der Waals surface area contributed by atoms with Crippen LogP contribution in [0.2, 0.25) is 5.02 Å². The standard InChI is InChI=1S/C12H9Br2ClN2O2S/c13-7-1-3-9(14)12(5-7)20(18,19)17-11-4-2-8(15)6-10(11)16/h1-6,17H,16H2. The fourth-order valence-electron chi connectivity index (χ4n) is 1.51. The van der Waals surface area contributed by atoms with Crippen LogP contribution in [0.4, 0.5) is 11.4 Å². The first-order valence-electron chi connectivity index (χ1n) is 5.32. The molecular weight excluding hydrogens is 431 g/mol. The number of sulfonamides is 1. The van der Waals surface area contributed by atoms with Gasteiger partial charge in [-0.2, -0.15) is 0 Å². The van der Waals surface area contributed by atoms with E-state index in [1.54, 1.807) is 18.2 Å². The Balaban J connectivity index is 2.43. The minimum Gasteiger partial charge on any atom is -0.397 e. The van der Waals surface area contributed by atoms with Gasteiger partial charge in [0.05, 0.1) is 11.4 Å². The smallest absolute Gasteiger partial charge is 0.263 e. The Morgan fingerprint density at radius 2 is 1.80 bits per heavy atom. The van der Waals surface area contributed by atoms with Gasteiger partial charge >= 0.3 is 0 Å². The molecular formula is C12H9Br2ClN2O2S. The van der Waals surface area contributed by atoms with Crippen molar-refractivity contribution in [3.05, 3.63) is 50.4 Å². The molecule has 2 rings (SSSR count). The van der Waals surface area contributed by atoms with Crippen molar-refractivity contribution in [2.75, 3.05) is 10.5 Å². The summed E-state index contributed by atoms with van der Waals surface area (Å²) in [4.78, 5) is 0.112. The number of nitrogens with two attached hydrogens (primary N) is 1. The highest BCUT2D eigenvalue weighted by Crippen LogP contribution is 2.29. The Hall–Kier alpha value is -0.760. The van der Waals surface area contributed by atoms with E-state index in [9.17, 15) is 8.42 Å². The van der Waals surface area contributed by atoms with E-state index in [1.165, 1.54) is 18.2 Å². The molecule has 0 saturated heterocycles. The molecule has 0 atom stereocenters. The molecule has 0 fully saturated rings. The van der Waals surface area contributed by atoms with Gasteiger partial charge in [-0.05, 0) is 52.3 Å². The first kappa shape index (κ1) is 15.6. The van der Waals surface area contributed by atoms with Crippen LogP contribution in [0.15, 0.2) is 50.2 Å². The van der Waals surface area contributed by atoms with Gasteiger partial charge in [0.25, 0.3) is 10.0 Å². The lowest BCUT2D eigenvalue weighted by atomic mass is 10.3. The van der Waals surface area contributed by atoms with Gasteiger partial charge in [0, 0.05) is 14.0 Å². The average molecular weight is 441 g/mol. The Kier molecular flexibility index (Phi) is 4.63. The summed E-state index contributed by atoms with van der Waals surface area (Å²) in [6, 6.07) is 9.43. The van der Waals surface area contributed by atoms with Crippen LogP contribution in [0.25, 0.3) is 0 Å². The zero-order valence-electron chi connectivity index (χ0n) is 9.90. The van der Waals surface area contributed by atoms with E-state index in [2.05, 4.69) is 36.6 Å². The molecule has 0 saturated carbocycles. The molecule has 20 heavy (non-hydrogen) atoms. The van der Waals surface area contributed by atoms with Gasteiger partial charge in [-0.15, -0.1) is 0 Å². The summed E-state index contributed by atoms with van der Waals surface area (Å²) in [5, 5.41) is 0.439. The summed E-state index contributed by atoms with van der Waals surface area (Å²) in [6.07, 6.45) is 0. The van der Waals surface area contributed by atoms with Crippen LogP contribution in [0.3, 0.4) is 0 Å². The van der Waals surface area contributed by atoms with Crippen LogP contribution >= 0.6 is 43.5 Å². The second-order valence-corrected chi connectivity index (χ2v) is 7.77. The van der Waals surface area contributed by atoms with Crippen LogP contribution in [0.1, 0.15) is 0 Å². The van der Waals surface area contributed by atoms with Crippen molar-refractivity contribution in [3.8, 4) is 0 Å². The second kappa shape index (κ2) is 5.93. The predicted octanol–water partition coefficient (Wildman–Crippen LogP) is 4.25. The van der Waals surface area contributed by atoms with Gasteiger partial charge in [0.2, 0.25) is 0 Å². The predicted molar refractivity (Wildman–Crippen MR) is 88.5 cm³/mol. The van der Waals surface area contributed by atoms with Gasteiger partial charge in [-0.3, -0.25) is 4.72 Å². The first-order chi connectivity index (χ1) is 9.29. The molecule has 8 heteroatoms. The molecule has 3 N–H and O–H groups in total. The van der Waals surface area contributed by atoms with Gasteiger partial charge < -0.3 is 5.73 Å². The summed E-state index contributed by atoms with van der Waals surface area (Å²) in [5.74, 6) is 0. The van der Waals surface area contributed by atoms with Crippen molar-refractivity contribution in [3.63, 3.8) is 0 Å². The zero-order chi connectivity index (χ0) is 14.9. The van der Waals surface area contributed by atoms with Gasteiger partial charge in [-0.25, -0.2) is 8.42 Å². The molecule has 0 aliphatic rings. The molecule has 0 unspecified atom stereocenters. The Morgan fingerprint density at radius 3 is 2.45 bits per heavy atom. The maximum Gasteiger partial charge on any atom is 0.263 e. The van der Waals surface area contributed by atoms with E-state index >= 15 is 0 Å². The lowest BCUT2D eigenvalue weighted by Gasteiger charge is -2.12. The summed E-state index contributed by atoms with van der Waals surface area (Å²) in [7, 11) is -3.75. The van der Waals surface area contributed by atoms with Crippen LogP contribution in [-0.4, -0.2) is 8.42 Å². The van der Waals surface area contributed by atoms with Gasteiger partial charge in [0.15, 0.2) is 0 Å². The Morgan fingerprint density at radius 1 is 1.10 bits per heavy atom. The van der Waals surface area contributed by atoms with E-state index in [-0.39, 0.29) is 16.3 Å². The van der Waals surface area contributed by atoms with Crippen molar-refractivity contribution in [2.24, 2.45) is 0 Å². The molecule has 0 aromatic heterocycles. The third-order valence-electron chi connectivity index (χ3n) is 2.44. The van der Waals surface area contributed by atoms with Crippen molar-refractivity contribution >= 4 is 64.9 Å². The zero-order valence-corrected chi connectivity index (χ0v) is 14.6. The van der Waals surface area contributed by atoms with Crippen LogP contribution in [0.5, 0.6) is 0 Å². The van der Waals surface area contributed by atoms with E-state index in [4.69, 9.17) is 17.3 Å². The van der Waals surface area contributed by atoms with Crippen molar-refractivity contribution < 1.29 is 8.42 Å². The average Bonchev–Trinajstić information content (AvgIpc) is 2.35. The molecule has 0 spiro atoms. The number of anilines is 2. The number of halogens is 3. The molecule has 2 aromatic carbocycles. The normalized spacial score (nSPS) is 11.3. The highest BCUT2D eigenvalue weighted by molar-refractivity contribution is 9.11. The fraction of sp³-hybridized carbons (Fsp3) is 0. The van der Waals surface area contributed by atoms with Gasteiger partial charge in [0.1, 0.15) is 4.90 Å². The van der Waals surface area contributed by atoms with Crippen LogP contribution in [0, 0.1) is 0 Å². The minimum absolute atomic E-state index is 0.112. The Bertz CT molecular complexity index is 766. The quantitative estimate of drug-likeness (QED) is 0.701. The molecule has 0 radical (unpaired) electrons. The molecule has 0 aliphatic heterocycles. The van der Waals surface area contributed by atoms with Gasteiger partial charge in [-0.1, -0.05) is 27.5 Å². The monoisotopic (exact) mass is 438 g/mol. The molecule has 0 bridgehead atoms. The van der Waals surface area contributed by atoms with Crippen LogP contribution in [-0.2, 0) is 10.0 Å². The van der Waals surface area contributed by atoms with E-state index < -0.39 is 10.0 Å². The lowest BCUT2D eigenvalue weighted by Crippen LogP contribution is -2.14. The molecule has 0 heterocycles. The van der Waals surface area contributed by atoms with Crippen molar-refractivity contribution in [1.29, 1.82) is 0 Å². The SMILES string of the molecule is Nc1cc(Cl)ccc1NS(=O)(=O)c1cc(Br)ccc1Br. The van der Waals surface area contributed by atoms with Crippen molar-refractivity contribution in [2.45, 2.75) is 4.90 Å². The second-order valence-electron chi connectivity index (χ2n) is 3.91. The fourth-order valence-corrected chi connectivity index (χ4v) is 4.28. The summed E-state index contributed by atoms with van der Waals surface area (Å²) >= 11 is 12.2. The summed E-state index contributed by atoms with van der Waals surface area (Å²) in [6.45, 7) is 0. The topological polar surface area (TPSA) is 72.2 Å².